The van der Waals surface area contributed by atoms with E-state index in [0.717, 1.165) is 27.7 Å². The molecule has 0 spiro atoms. The molecule has 0 aliphatic rings. The van der Waals surface area contributed by atoms with E-state index in [4.69, 9.17) is 9.84 Å². The number of hydrogen-bond acceptors (Lipinski definition) is 4. The van der Waals surface area contributed by atoms with E-state index in [1.165, 1.54) is 0 Å². The minimum atomic E-state index is -0.949. The molecule has 0 fully saturated rings. The highest BCUT2D eigenvalue weighted by atomic mass is 16.5. The van der Waals surface area contributed by atoms with Crippen molar-refractivity contribution in [2.45, 2.75) is 27.2 Å². The molecule has 1 amide bonds. The summed E-state index contributed by atoms with van der Waals surface area (Å²) < 4.78 is 6.18. The summed E-state index contributed by atoms with van der Waals surface area (Å²) in [5.41, 5.74) is 3.79. The monoisotopic (exact) mass is 378 g/mol. The Morgan fingerprint density at radius 3 is 2.46 bits per heavy atom. The number of amides is 1. The fourth-order valence-electron chi connectivity index (χ4n) is 3.04. The number of fused-ring (bicyclic) bond motifs is 1. The summed E-state index contributed by atoms with van der Waals surface area (Å²) in [5, 5.41) is 12.3. The fraction of sp³-hybridized carbons (Fsp3) is 0.227. The molecule has 0 saturated heterocycles. The smallest absolute Gasteiger partial charge is 0.305 e. The summed E-state index contributed by atoms with van der Waals surface area (Å²) >= 11 is 0. The molecule has 28 heavy (non-hydrogen) atoms. The van der Waals surface area contributed by atoms with Gasteiger partial charge in [0.25, 0.3) is 5.91 Å². The Labute approximate surface area is 163 Å². The molecular formula is C22H22N2O4. The van der Waals surface area contributed by atoms with Gasteiger partial charge in [-0.15, -0.1) is 0 Å². The molecule has 0 saturated carbocycles. The van der Waals surface area contributed by atoms with Crippen LogP contribution >= 0.6 is 0 Å². The zero-order valence-corrected chi connectivity index (χ0v) is 16.1. The third-order valence-electron chi connectivity index (χ3n) is 4.38. The highest BCUT2D eigenvalue weighted by Gasteiger charge is 2.14. The first-order valence-electron chi connectivity index (χ1n) is 9.00. The molecule has 0 atom stereocenters. The van der Waals surface area contributed by atoms with Crippen LogP contribution in [0.2, 0.25) is 0 Å². The predicted molar refractivity (Wildman–Crippen MR) is 107 cm³/mol. The van der Waals surface area contributed by atoms with Crippen LogP contribution in [0.1, 0.15) is 33.6 Å². The number of carboxylic acids is 1. The van der Waals surface area contributed by atoms with Crippen molar-refractivity contribution >= 4 is 22.8 Å². The van der Waals surface area contributed by atoms with Crippen molar-refractivity contribution in [3.63, 3.8) is 0 Å². The van der Waals surface area contributed by atoms with E-state index in [1.807, 2.05) is 51.1 Å². The summed E-state index contributed by atoms with van der Waals surface area (Å²) in [6.45, 7) is 5.77. The Kier molecular flexibility index (Phi) is 5.59. The van der Waals surface area contributed by atoms with Gasteiger partial charge in [-0.1, -0.05) is 18.2 Å². The van der Waals surface area contributed by atoms with Gasteiger partial charge in [0.2, 0.25) is 0 Å². The average Bonchev–Trinajstić information content (AvgIpc) is 2.64. The van der Waals surface area contributed by atoms with E-state index in [-0.39, 0.29) is 18.9 Å². The van der Waals surface area contributed by atoms with Crippen molar-refractivity contribution in [3.8, 4) is 11.5 Å². The van der Waals surface area contributed by atoms with Crippen molar-refractivity contribution < 1.29 is 19.4 Å². The van der Waals surface area contributed by atoms with Gasteiger partial charge in [0.1, 0.15) is 11.3 Å². The second-order valence-electron chi connectivity index (χ2n) is 6.72. The predicted octanol–water partition coefficient (Wildman–Crippen LogP) is 4.16. The maximum Gasteiger partial charge on any atom is 0.305 e. The van der Waals surface area contributed by atoms with E-state index < -0.39 is 5.97 Å². The number of rotatable bonds is 6. The van der Waals surface area contributed by atoms with Gasteiger partial charge in [0, 0.05) is 23.2 Å². The zero-order chi connectivity index (χ0) is 20.3. The van der Waals surface area contributed by atoms with Gasteiger partial charge < -0.3 is 15.2 Å². The summed E-state index contributed by atoms with van der Waals surface area (Å²) in [6.07, 6.45) is -0.113. The van der Waals surface area contributed by atoms with Crippen LogP contribution in [0, 0.1) is 20.8 Å². The number of hydrogen-bond donors (Lipinski definition) is 2. The second-order valence-corrected chi connectivity index (χ2v) is 6.72. The van der Waals surface area contributed by atoms with Crippen molar-refractivity contribution in [2.75, 3.05) is 6.54 Å². The maximum atomic E-state index is 12.3. The van der Waals surface area contributed by atoms with E-state index in [1.54, 1.807) is 12.1 Å². The third-order valence-corrected chi connectivity index (χ3v) is 4.38. The van der Waals surface area contributed by atoms with Crippen LogP contribution in [0.3, 0.4) is 0 Å². The Morgan fingerprint density at radius 1 is 1.07 bits per heavy atom. The Bertz CT molecular complexity index is 1040. The number of para-hydroxylation sites is 1. The molecular weight excluding hydrogens is 356 g/mol. The standard InChI is InChI=1S/C22H22N2O4/c1-13-11-17(22(27)23-10-9-19(25)26)12-14(2)21(13)28-18-6-4-5-16-8-7-15(3)24-20(16)18/h4-8,11-12H,9-10H2,1-3H3,(H,23,27)(H,25,26). The zero-order valence-electron chi connectivity index (χ0n) is 16.1. The van der Waals surface area contributed by atoms with Gasteiger partial charge >= 0.3 is 5.97 Å². The van der Waals surface area contributed by atoms with E-state index >= 15 is 0 Å². The first-order chi connectivity index (χ1) is 13.3. The molecule has 0 bridgehead atoms. The van der Waals surface area contributed by atoms with Crippen molar-refractivity contribution in [3.05, 3.63) is 64.8 Å². The number of aliphatic carboxylic acids is 1. The molecule has 144 valence electrons. The van der Waals surface area contributed by atoms with Crippen LogP contribution in [0.5, 0.6) is 11.5 Å². The number of carbonyl (C=O) groups excluding carboxylic acids is 1. The number of nitrogens with zero attached hydrogens (tertiary/aromatic N) is 1. The minimum Gasteiger partial charge on any atom is -0.481 e. The highest BCUT2D eigenvalue weighted by molar-refractivity contribution is 5.95. The third kappa shape index (κ3) is 4.28. The van der Waals surface area contributed by atoms with Crippen LogP contribution in [0.4, 0.5) is 0 Å². The van der Waals surface area contributed by atoms with Gasteiger partial charge in [-0.05, 0) is 56.2 Å². The maximum absolute atomic E-state index is 12.3. The lowest BCUT2D eigenvalue weighted by Crippen LogP contribution is -2.26. The number of ether oxygens (including phenoxy) is 1. The van der Waals surface area contributed by atoms with Gasteiger partial charge in [-0.3, -0.25) is 9.59 Å². The van der Waals surface area contributed by atoms with Crippen LogP contribution in [0.15, 0.2) is 42.5 Å². The molecule has 3 rings (SSSR count). The Morgan fingerprint density at radius 2 is 1.79 bits per heavy atom. The van der Waals surface area contributed by atoms with Crippen LogP contribution < -0.4 is 10.1 Å². The summed E-state index contributed by atoms with van der Waals surface area (Å²) in [6, 6.07) is 13.2. The molecule has 1 aromatic heterocycles. The quantitative estimate of drug-likeness (QED) is 0.672. The number of benzene rings is 2. The number of aryl methyl sites for hydroxylation is 3. The van der Waals surface area contributed by atoms with Crippen molar-refractivity contribution in [1.82, 2.24) is 10.3 Å². The second kappa shape index (κ2) is 8.08. The van der Waals surface area contributed by atoms with Gasteiger partial charge in [0.15, 0.2) is 5.75 Å². The highest BCUT2D eigenvalue weighted by Crippen LogP contribution is 2.33. The number of carboxylic acid groups (broad SMARTS) is 1. The molecule has 3 aromatic rings. The molecule has 1 heterocycles. The SMILES string of the molecule is Cc1ccc2cccc(Oc3c(C)cc(C(=O)NCCC(=O)O)cc3C)c2n1. The van der Waals surface area contributed by atoms with E-state index in [9.17, 15) is 9.59 Å². The summed E-state index contributed by atoms with van der Waals surface area (Å²) in [7, 11) is 0. The van der Waals surface area contributed by atoms with Crippen LogP contribution in [-0.4, -0.2) is 28.5 Å². The lowest BCUT2D eigenvalue weighted by atomic mass is 10.0. The fourth-order valence-corrected chi connectivity index (χ4v) is 3.04. The number of pyridine rings is 1. The van der Waals surface area contributed by atoms with E-state index in [0.29, 0.717) is 17.1 Å². The summed E-state index contributed by atoms with van der Waals surface area (Å²) in [5.74, 6) is 0.0840. The largest absolute Gasteiger partial charge is 0.481 e. The average molecular weight is 378 g/mol. The number of carbonyl (C=O) groups is 2. The molecule has 0 aliphatic carbocycles. The number of nitrogens with one attached hydrogen (secondary N) is 1. The van der Waals surface area contributed by atoms with Crippen LogP contribution in [0.25, 0.3) is 10.9 Å². The van der Waals surface area contributed by atoms with Gasteiger partial charge in [0.05, 0.1) is 6.42 Å². The molecule has 0 aliphatic heterocycles. The molecule has 2 N–H and O–H groups in total. The number of aromatic nitrogens is 1. The lowest BCUT2D eigenvalue weighted by molar-refractivity contribution is -0.136. The molecule has 6 nitrogen and oxygen atoms in total. The molecule has 2 aromatic carbocycles. The molecule has 6 heteroatoms. The lowest BCUT2D eigenvalue weighted by Gasteiger charge is -2.15. The van der Waals surface area contributed by atoms with Gasteiger partial charge in [-0.25, -0.2) is 4.98 Å². The summed E-state index contributed by atoms with van der Waals surface area (Å²) in [4.78, 5) is 27.4. The first kappa shape index (κ1) is 19.4. The molecule has 0 radical (unpaired) electrons. The first-order valence-corrected chi connectivity index (χ1v) is 9.00. The minimum absolute atomic E-state index is 0.0888. The molecule has 0 unspecified atom stereocenters. The Hall–Kier alpha value is -3.41. The normalized spacial score (nSPS) is 10.7. The van der Waals surface area contributed by atoms with Crippen molar-refractivity contribution in [1.29, 1.82) is 0 Å². The topological polar surface area (TPSA) is 88.5 Å². The van der Waals surface area contributed by atoms with Gasteiger partial charge in [-0.2, -0.15) is 0 Å². The van der Waals surface area contributed by atoms with Crippen molar-refractivity contribution in [2.24, 2.45) is 0 Å². The Balaban J connectivity index is 1.87. The van der Waals surface area contributed by atoms with Crippen LogP contribution in [-0.2, 0) is 4.79 Å². The van der Waals surface area contributed by atoms with E-state index in [2.05, 4.69) is 10.3 Å².